The molecule has 3 rings (SSSR count). The standard InChI is InChI=1S/C18H21NO/c1-19-18(14-9-6-10-15(11-14)20-2)17-12-16(17)13-7-4-3-5-8-13/h3-11,16-19H,12H2,1-2H3. The van der Waals surface area contributed by atoms with Crippen LogP contribution in [0.5, 0.6) is 5.75 Å². The zero-order chi connectivity index (χ0) is 13.9. The molecule has 2 heteroatoms. The Bertz CT molecular complexity index is 567. The van der Waals surface area contributed by atoms with E-state index < -0.39 is 0 Å². The quantitative estimate of drug-likeness (QED) is 0.890. The van der Waals surface area contributed by atoms with Crippen molar-refractivity contribution in [3.05, 3.63) is 65.7 Å². The van der Waals surface area contributed by atoms with Crippen LogP contribution < -0.4 is 10.1 Å². The van der Waals surface area contributed by atoms with Crippen molar-refractivity contribution >= 4 is 0 Å². The van der Waals surface area contributed by atoms with Gasteiger partial charge in [-0.15, -0.1) is 0 Å². The summed E-state index contributed by atoms with van der Waals surface area (Å²) in [5.41, 5.74) is 2.77. The third-order valence-electron chi connectivity index (χ3n) is 4.26. The molecule has 2 aromatic rings. The van der Waals surface area contributed by atoms with Gasteiger partial charge in [0.05, 0.1) is 7.11 Å². The molecule has 3 atom stereocenters. The summed E-state index contributed by atoms with van der Waals surface area (Å²) in [6, 6.07) is 19.6. The van der Waals surface area contributed by atoms with Gasteiger partial charge in [-0.05, 0) is 48.6 Å². The molecular formula is C18H21NO. The highest BCUT2D eigenvalue weighted by atomic mass is 16.5. The smallest absolute Gasteiger partial charge is 0.119 e. The molecule has 1 aliphatic carbocycles. The molecule has 0 saturated heterocycles. The van der Waals surface area contributed by atoms with Crippen LogP contribution in [0.3, 0.4) is 0 Å². The summed E-state index contributed by atoms with van der Waals surface area (Å²) >= 11 is 0. The Hall–Kier alpha value is -1.80. The average molecular weight is 267 g/mol. The lowest BCUT2D eigenvalue weighted by atomic mass is 9.98. The summed E-state index contributed by atoms with van der Waals surface area (Å²) in [6.45, 7) is 0. The normalized spacial score (nSPS) is 22.3. The monoisotopic (exact) mass is 267 g/mol. The Morgan fingerprint density at radius 1 is 1.10 bits per heavy atom. The van der Waals surface area contributed by atoms with Gasteiger partial charge in [0.25, 0.3) is 0 Å². The molecule has 0 aliphatic heterocycles. The van der Waals surface area contributed by atoms with Crippen molar-refractivity contribution in [3.8, 4) is 5.75 Å². The van der Waals surface area contributed by atoms with Gasteiger partial charge in [0.15, 0.2) is 0 Å². The molecule has 1 aliphatic rings. The molecule has 0 aromatic heterocycles. The predicted octanol–water partition coefficient (Wildman–Crippen LogP) is 3.76. The summed E-state index contributed by atoms with van der Waals surface area (Å²) in [5, 5.41) is 3.48. The van der Waals surface area contributed by atoms with E-state index in [4.69, 9.17) is 4.74 Å². The van der Waals surface area contributed by atoms with Crippen LogP contribution in [-0.4, -0.2) is 14.2 Å². The fourth-order valence-electron chi connectivity index (χ4n) is 3.13. The molecule has 0 bridgehead atoms. The van der Waals surface area contributed by atoms with Crippen LogP contribution in [-0.2, 0) is 0 Å². The van der Waals surface area contributed by atoms with Crippen LogP contribution in [0.4, 0.5) is 0 Å². The van der Waals surface area contributed by atoms with Gasteiger partial charge in [-0.2, -0.15) is 0 Å². The molecular weight excluding hydrogens is 246 g/mol. The van der Waals surface area contributed by atoms with Crippen LogP contribution in [0.2, 0.25) is 0 Å². The van der Waals surface area contributed by atoms with Gasteiger partial charge in [-0.3, -0.25) is 0 Å². The molecule has 104 valence electrons. The number of nitrogens with one attached hydrogen (secondary N) is 1. The summed E-state index contributed by atoms with van der Waals surface area (Å²) in [4.78, 5) is 0. The fraction of sp³-hybridized carbons (Fsp3) is 0.333. The minimum Gasteiger partial charge on any atom is -0.497 e. The molecule has 1 saturated carbocycles. The topological polar surface area (TPSA) is 21.3 Å². The average Bonchev–Trinajstić information content (AvgIpc) is 3.30. The second-order valence-electron chi connectivity index (χ2n) is 5.46. The minimum atomic E-state index is 0.398. The van der Waals surface area contributed by atoms with E-state index in [-0.39, 0.29) is 0 Å². The van der Waals surface area contributed by atoms with Crippen molar-refractivity contribution in [2.24, 2.45) is 5.92 Å². The van der Waals surface area contributed by atoms with Crippen LogP contribution in [0, 0.1) is 5.92 Å². The highest BCUT2D eigenvalue weighted by molar-refractivity contribution is 5.34. The third kappa shape index (κ3) is 2.56. The van der Waals surface area contributed by atoms with E-state index in [1.54, 1.807) is 7.11 Å². The van der Waals surface area contributed by atoms with Crippen molar-refractivity contribution in [1.82, 2.24) is 5.32 Å². The van der Waals surface area contributed by atoms with Gasteiger partial charge in [0.1, 0.15) is 5.75 Å². The van der Waals surface area contributed by atoms with E-state index in [0.29, 0.717) is 17.9 Å². The lowest BCUT2D eigenvalue weighted by molar-refractivity contribution is 0.412. The fourth-order valence-corrected chi connectivity index (χ4v) is 3.13. The van der Waals surface area contributed by atoms with Crippen molar-refractivity contribution in [2.45, 2.75) is 18.4 Å². The van der Waals surface area contributed by atoms with Crippen LogP contribution >= 0.6 is 0 Å². The zero-order valence-corrected chi connectivity index (χ0v) is 12.0. The molecule has 0 spiro atoms. The Morgan fingerprint density at radius 3 is 2.60 bits per heavy atom. The third-order valence-corrected chi connectivity index (χ3v) is 4.26. The molecule has 0 heterocycles. The Morgan fingerprint density at radius 2 is 1.90 bits per heavy atom. The summed E-state index contributed by atoms with van der Waals surface area (Å²) in [5.74, 6) is 2.29. The van der Waals surface area contributed by atoms with E-state index >= 15 is 0 Å². The van der Waals surface area contributed by atoms with E-state index in [1.807, 2.05) is 13.1 Å². The maximum atomic E-state index is 5.33. The lowest BCUT2D eigenvalue weighted by Gasteiger charge is -2.17. The molecule has 20 heavy (non-hydrogen) atoms. The first-order chi connectivity index (χ1) is 9.83. The van der Waals surface area contributed by atoms with Gasteiger partial charge in [-0.25, -0.2) is 0 Å². The van der Waals surface area contributed by atoms with Crippen LogP contribution in [0.15, 0.2) is 54.6 Å². The Kier molecular flexibility index (Phi) is 3.75. The van der Waals surface area contributed by atoms with Gasteiger partial charge in [0.2, 0.25) is 0 Å². The number of hydrogen-bond donors (Lipinski definition) is 1. The molecule has 2 aromatic carbocycles. The van der Waals surface area contributed by atoms with Gasteiger partial charge in [0, 0.05) is 6.04 Å². The van der Waals surface area contributed by atoms with E-state index in [2.05, 4.69) is 53.8 Å². The molecule has 1 N–H and O–H groups in total. The maximum Gasteiger partial charge on any atom is 0.119 e. The van der Waals surface area contributed by atoms with E-state index in [0.717, 1.165) is 5.75 Å². The predicted molar refractivity (Wildman–Crippen MR) is 82.1 cm³/mol. The van der Waals surface area contributed by atoms with Gasteiger partial charge in [-0.1, -0.05) is 42.5 Å². The maximum absolute atomic E-state index is 5.33. The van der Waals surface area contributed by atoms with E-state index in [9.17, 15) is 0 Å². The first kappa shape index (κ1) is 13.2. The largest absolute Gasteiger partial charge is 0.497 e. The lowest BCUT2D eigenvalue weighted by Crippen LogP contribution is -2.19. The summed E-state index contributed by atoms with van der Waals surface area (Å²) in [7, 11) is 3.77. The molecule has 0 radical (unpaired) electrons. The first-order valence-corrected chi connectivity index (χ1v) is 7.19. The van der Waals surface area contributed by atoms with Crippen LogP contribution in [0.25, 0.3) is 0 Å². The summed E-state index contributed by atoms with van der Waals surface area (Å²) < 4.78 is 5.33. The molecule has 2 nitrogen and oxygen atoms in total. The number of ether oxygens (including phenoxy) is 1. The number of methoxy groups -OCH3 is 1. The second-order valence-corrected chi connectivity index (χ2v) is 5.46. The minimum absolute atomic E-state index is 0.398. The van der Waals surface area contributed by atoms with Gasteiger partial charge < -0.3 is 10.1 Å². The van der Waals surface area contributed by atoms with Crippen molar-refractivity contribution < 1.29 is 4.74 Å². The van der Waals surface area contributed by atoms with Crippen LogP contribution in [0.1, 0.15) is 29.5 Å². The number of hydrogen-bond acceptors (Lipinski definition) is 2. The van der Waals surface area contributed by atoms with E-state index in [1.165, 1.54) is 17.5 Å². The summed E-state index contributed by atoms with van der Waals surface area (Å²) in [6.07, 6.45) is 1.26. The van der Waals surface area contributed by atoms with Crippen molar-refractivity contribution in [3.63, 3.8) is 0 Å². The highest BCUT2D eigenvalue weighted by Crippen LogP contribution is 2.54. The Balaban J connectivity index is 1.78. The number of benzene rings is 2. The number of rotatable bonds is 5. The molecule has 0 amide bonds. The van der Waals surface area contributed by atoms with Crippen molar-refractivity contribution in [1.29, 1.82) is 0 Å². The molecule has 3 unspecified atom stereocenters. The SMILES string of the molecule is CNC(c1cccc(OC)c1)C1CC1c1ccccc1. The molecule has 1 fully saturated rings. The first-order valence-electron chi connectivity index (χ1n) is 7.19. The van der Waals surface area contributed by atoms with Gasteiger partial charge >= 0.3 is 0 Å². The zero-order valence-electron chi connectivity index (χ0n) is 12.0. The second kappa shape index (κ2) is 5.68. The Labute approximate surface area is 120 Å². The highest BCUT2D eigenvalue weighted by Gasteiger charge is 2.43. The van der Waals surface area contributed by atoms with Crippen molar-refractivity contribution in [2.75, 3.05) is 14.2 Å².